The number of aryl methyl sites for hydroxylation is 1. The molecule has 0 aliphatic heterocycles. The third-order valence-corrected chi connectivity index (χ3v) is 3.57. The Morgan fingerprint density at radius 1 is 1.27 bits per heavy atom. The molecule has 1 aromatic heterocycles. The van der Waals surface area contributed by atoms with Crippen LogP contribution in [0.3, 0.4) is 0 Å². The summed E-state index contributed by atoms with van der Waals surface area (Å²) in [4.78, 5) is 23.8. The van der Waals surface area contributed by atoms with Gasteiger partial charge in [-0.1, -0.05) is 19.4 Å². The van der Waals surface area contributed by atoms with E-state index in [4.69, 9.17) is 0 Å². The van der Waals surface area contributed by atoms with Gasteiger partial charge in [0.25, 0.3) is 0 Å². The van der Waals surface area contributed by atoms with Crippen LogP contribution in [0.1, 0.15) is 31.0 Å². The van der Waals surface area contributed by atoms with Crippen LogP contribution >= 0.6 is 0 Å². The Morgan fingerprint density at radius 3 is 2.65 bits per heavy atom. The molecule has 2 rings (SSSR count). The van der Waals surface area contributed by atoms with Gasteiger partial charge in [0.05, 0.1) is 11.3 Å². The quantitative estimate of drug-likeness (QED) is 0.794. The molecule has 2 aromatic rings. The van der Waals surface area contributed by atoms with Gasteiger partial charge in [0.2, 0.25) is 11.2 Å². The van der Waals surface area contributed by atoms with Crippen molar-refractivity contribution in [2.45, 2.75) is 32.9 Å². The highest BCUT2D eigenvalue weighted by molar-refractivity contribution is 5.88. The molecule has 0 saturated carbocycles. The average Bonchev–Trinajstić information content (AvgIpc) is 2.57. The van der Waals surface area contributed by atoms with E-state index in [1.165, 1.54) is 22.9 Å². The fourth-order valence-electron chi connectivity index (χ4n) is 2.24. The number of halogens is 3. The maximum Gasteiger partial charge on any atom is 0.416 e. The number of urea groups is 1. The average molecular weight is 368 g/mol. The smallest absolute Gasteiger partial charge is 0.338 e. The number of nitrogens with one attached hydrogen (secondary N) is 2. The van der Waals surface area contributed by atoms with Crippen molar-refractivity contribution >= 4 is 11.8 Å². The molecule has 2 N–H and O–H groups in total. The Labute approximate surface area is 148 Å². The summed E-state index contributed by atoms with van der Waals surface area (Å²) in [5.74, 6) is -0.262. The highest BCUT2D eigenvalue weighted by atomic mass is 19.4. The molecule has 9 heteroatoms. The van der Waals surface area contributed by atoms with Gasteiger partial charge < -0.3 is 5.32 Å². The summed E-state index contributed by atoms with van der Waals surface area (Å²) >= 11 is 0. The van der Waals surface area contributed by atoms with Gasteiger partial charge in [0, 0.05) is 18.3 Å². The topological polar surface area (TPSA) is 76.0 Å². The van der Waals surface area contributed by atoms with Crippen LogP contribution in [-0.2, 0) is 6.18 Å². The van der Waals surface area contributed by atoms with E-state index in [0.29, 0.717) is 12.2 Å². The van der Waals surface area contributed by atoms with Crippen LogP contribution in [-0.4, -0.2) is 22.4 Å². The molecular formula is C17H19F3N4O2. The van der Waals surface area contributed by atoms with E-state index in [1.807, 2.05) is 6.92 Å². The van der Waals surface area contributed by atoms with Crippen molar-refractivity contribution in [2.75, 3.05) is 11.9 Å². The van der Waals surface area contributed by atoms with Gasteiger partial charge in [0.15, 0.2) is 0 Å². The Kier molecular flexibility index (Phi) is 6.01. The van der Waals surface area contributed by atoms with Crippen LogP contribution in [0.25, 0.3) is 5.69 Å². The van der Waals surface area contributed by atoms with Gasteiger partial charge in [0.1, 0.15) is 0 Å². The molecule has 0 bridgehead atoms. The molecule has 0 aliphatic rings. The summed E-state index contributed by atoms with van der Waals surface area (Å²) in [7, 11) is 0. The lowest BCUT2D eigenvalue weighted by molar-refractivity contribution is -0.137. The normalized spacial score (nSPS) is 11.3. The first-order valence-electron chi connectivity index (χ1n) is 8.06. The van der Waals surface area contributed by atoms with Crippen LogP contribution in [0.4, 0.5) is 23.8 Å². The van der Waals surface area contributed by atoms with Gasteiger partial charge >= 0.3 is 12.2 Å². The predicted molar refractivity (Wildman–Crippen MR) is 91.5 cm³/mol. The molecule has 1 heterocycles. The lowest BCUT2D eigenvalue weighted by atomic mass is 10.2. The van der Waals surface area contributed by atoms with Crippen molar-refractivity contribution in [3.63, 3.8) is 0 Å². The van der Waals surface area contributed by atoms with E-state index < -0.39 is 23.2 Å². The van der Waals surface area contributed by atoms with Gasteiger partial charge in [-0.2, -0.15) is 13.2 Å². The maximum absolute atomic E-state index is 12.9. The first-order chi connectivity index (χ1) is 12.2. The fourth-order valence-corrected chi connectivity index (χ4v) is 2.24. The van der Waals surface area contributed by atoms with Crippen molar-refractivity contribution in [1.29, 1.82) is 0 Å². The summed E-state index contributed by atoms with van der Waals surface area (Å²) in [5, 5.41) is 8.91. The number of carbonyl (C=O) groups excluding carboxylic acids is 1. The predicted octanol–water partition coefficient (Wildman–Crippen LogP) is 3.48. The molecule has 0 spiro atoms. The van der Waals surface area contributed by atoms with E-state index in [1.54, 1.807) is 6.92 Å². The van der Waals surface area contributed by atoms with Crippen molar-refractivity contribution in [3.8, 4) is 5.69 Å². The Bertz CT molecular complexity index is 847. The van der Waals surface area contributed by atoms with E-state index in [9.17, 15) is 22.8 Å². The van der Waals surface area contributed by atoms with Crippen molar-refractivity contribution in [3.05, 3.63) is 51.8 Å². The van der Waals surface area contributed by atoms with Gasteiger partial charge in [-0.25, -0.2) is 9.48 Å². The molecule has 1 aromatic carbocycles. The van der Waals surface area contributed by atoms with Crippen LogP contribution in [0.5, 0.6) is 0 Å². The second-order valence-corrected chi connectivity index (χ2v) is 5.69. The Balaban J connectivity index is 2.33. The largest absolute Gasteiger partial charge is 0.416 e. The number of aromatic nitrogens is 2. The lowest BCUT2D eigenvalue weighted by Crippen LogP contribution is -2.32. The van der Waals surface area contributed by atoms with Crippen LogP contribution in [0.15, 0.2) is 35.1 Å². The second kappa shape index (κ2) is 8.03. The number of amides is 2. The number of alkyl halides is 3. The zero-order chi connectivity index (χ0) is 19.3. The zero-order valence-electron chi connectivity index (χ0n) is 14.4. The Hall–Kier alpha value is -2.84. The molecule has 0 atom stereocenters. The molecule has 2 amide bonds. The molecule has 26 heavy (non-hydrogen) atoms. The minimum atomic E-state index is -4.50. The number of carbonyl (C=O) groups is 1. The summed E-state index contributed by atoms with van der Waals surface area (Å²) in [6.07, 6.45) is -2.82. The van der Waals surface area contributed by atoms with Gasteiger partial charge in [-0.05, 0) is 31.5 Å². The molecule has 6 nitrogen and oxygen atoms in total. The van der Waals surface area contributed by atoms with Crippen LogP contribution < -0.4 is 16.1 Å². The minimum Gasteiger partial charge on any atom is -0.338 e. The molecule has 140 valence electrons. The Morgan fingerprint density at radius 2 is 2.00 bits per heavy atom. The molecule has 0 aliphatic carbocycles. The minimum absolute atomic E-state index is 0.131. The number of hydrogen-bond acceptors (Lipinski definition) is 3. The molecular weight excluding hydrogens is 349 g/mol. The number of nitrogens with zero attached hydrogens (tertiary/aromatic N) is 2. The first-order valence-corrected chi connectivity index (χ1v) is 8.06. The number of unbranched alkanes of at least 4 members (excludes halogenated alkanes) is 1. The summed E-state index contributed by atoms with van der Waals surface area (Å²) in [5.41, 5.74) is -0.892. The van der Waals surface area contributed by atoms with Gasteiger partial charge in [-0.3, -0.25) is 10.1 Å². The highest BCUT2D eigenvalue weighted by Gasteiger charge is 2.30. The monoisotopic (exact) mass is 368 g/mol. The summed E-state index contributed by atoms with van der Waals surface area (Å²) in [6.45, 7) is 3.95. The van der Waals surface area contributed by atoms with Crippen LogP contribution in [0, 0.1) is 6.92 Å². The lowest BCUT2D eigenvalue weighted by Gasteiger charge is -2.14. The van der Waals surface area contributed by atoms with E-state index in [0.717, 1.165) is 25.0 Å². The van der Waals surface area contributed by atoms with Crippen molar-refractivity contribution in [2.24, 2.45) is 0 Å². The standard InChI is InChI=1S/C17H19F3N4O2/c1-3-4-8-21-16(26)22-15-14(25)9-11(2)24(23-15)13-7-5-6-12(10-13)17(18,19)20/h5-7,9-10H,3-4,8H2,1-2H3,(H2,21,22,23,26). The molecule has 0 fully saturated rings. The zero-order valence-corrected chi connectivity index (χ0v) is 14.4. The fraction of sp³-hybridized carbons (Fsp3) is 0.353. The SMILES string of the molecule is CCCCNC(=O)Nc1nn(-c2cccc(C(F)(F)F)c2)c(C)cc1=O. The third-order valence-electron chi connectivity index (χ3n) is 3.57. The van der Waals surface area contributed by atoms with Crippen LogP contribution in [0.2, 0.25) is 0 Å². The van der Waals surface area contributed by atoms with E-state index in [2.05, 4.69) is 15.7 Å². The number of benzene rings is 1. The number of hydrogen-bond donors (Lipinski definition) is 2. The molecule has 0 unspecified atom stereocenters. The van der Waals surface area contributed by atoms with Gasteiger partial charge in [-0.15, -0.1) is 5.10 Å². The second-order valence-electron chi connectivity index (χ2n) is 5.69. The molecule has 0 saturated heterocycles. The highest BCUT2D eigenvalue weighted by Crippen LogP contribution is 2.30. The van der Waals surface area contributed by atoms with Crippen molar-refractivity contribution < 1.29 is 18.0 Å². The van der Waals surface area contributed by atoms with E-state index >= 15 is 0 Å². The maximum atomic E-state index is 12.9. The van der Waals surface area contributed by atoms with E-state index in [-0.39, 0.29) is 11.5 Å². The number of anilines is 1. The first kappa shape index (κ1) is 19.5. The summed E-state index contributed by atoms with van der Waals surface area (Å²) in [6, 6.07) is 5.17. The third kappa shape index (κ3) is 4.84. The molecule has 0 radical (unpaired) electrons. The van der Waals surface area contributed by atoms with Crippen molar-refractivity contribution in [1.82, 2.24) is 15.1 Å². The number of rotatable bonds is 5. The summed E-state index contributed by atoms with van der Waals surface area (Å²) < 4.78 is 39.9.